The van der Waals surface area contributed by atoms with Crippen LogP contribution in [0.15, 0.2) is 24.3 Å². The molecule has 0 spiro atoms. The largest absolute Gasteiger partial charge is 0.399 e. The van der Waals surface area contributed by atoms with E-state index in [1.807, 2.05) is 5.32 Å². The second-order valence-electron chi connectivity index (χ2n) is 2.96. The van der Waals surface area contributed by atoms with Crippen LogP contribution in [0.2, 0.25) is 0 Å². The Morgan fingerprint density at radius 2 is 1.94 bits per heavy atom. The molecule has 1 aromatic rings. The van der Waals surface area contributed by atoms with Gasteiger partial charge in [-0.1, -0.05) is 0 Å². The zero-order chi connectivity index (χ0) is 12.0. The molecule has 0 saturated carbocycles. The van der Waals surface area contributed by atoms with Gasteiger partial charge >= 0.3 is 0 Å². The number of hydrogen-bond acceptors (Lipinski definition) is 4. The molecule has 6 nitrogen and oxygen atoms in total. The molecular weight excluding hydrogens is 208 g/mol. The number of nitrogens with two attached hydrogens (primary N) is 1. The minimum Gasteiger partial charge on any atom is -0.399 e. The van der Waals surface area contributed by atoms with Crippen molar-refractivity contribution in [3.05, 3.63) is 29.8 Å². The fourth-order valence-electron chi connectivity index (χ4n) is 1.00. The van der Waals surface area contributed by atoms with Gasteiger partial charge in [-0.05, 0) is 24.3 Å². The van der Waals surface area contributed by atoms with Crippen molar-refractivity contribution in [3.63, 3.8) is 0 Å². The molecule has 0 heterocycles. The first kappa shape index (κ1) is 11.5. The van der Waals surface area contributed by atoms with Crippen molar-refractivity contribution in [2.24, 2.45) is 0 Å². The molecule has 0 aromatic heterocycles. The summed E-state index contributed by atoms with van der Waals surface area (Å²) < 4.78 is 0. The molecule has 0 radical (unpaired) electrons. The predicted octanol–water partition coefficient (Wildman–Crippen LogP) is -0.404. The van der Waals surface area contributed by atoms with Crippen LogP contribution in [0.25, 0.3) is 0 Å². The molecule has 0 atom stereocenters. The van der Waals surface area contributed by atoms with Crippen LogP contribution in [-0.2, 0) is 4.79 Å². The molecule has 1 aromatic carbocycles. The summed E-state index contributed by atoms with van der Waals surface area (Å²) in [5, 5.41) is 12.4. The van der Waals surface area contributed by atoms with Crippen LogP contribution in [0.4, 0.5) is 5.69 Å². The predicted molar refractivity (Wildman–Crippen MR) is 56.9 cm³/mol. The number of hydrogen-bond donors (Lipinski definition) is 3. The Balaban J connectivity index is 2.50. The minimum absolute atomic E-state index is 0.239. The van der Waals surface area contributed by atoms with Crippen molar-refractivity contribution in [1.29, 1.82) is 5.26 Å². The van der Waals surface area contributed by atoms with E-state index in [9.17, 15) is 9.59 Å². The van der Waals surface area contributed by atoms with Crippen molar-refractivity contribution in [2.75, 3.05) is 12.3 Å². The highest BCUT2D eigenvalue weighted by Crippen LogP contribution is 2.04. The van der Waals surface area contributed by atoms with Gasteiger partial charge in [0.25, 0.3) is 11.8 Å². The Kier molecular flexibility index (Phi) is 3.86. The lowest BCUT2D eigenvalue weighted by Crippen LogP contribution is -2.34. The fourth-order valence-corrected chi connectivity index (χ4v) is 1.00. The van der Waals surface area contributed by atoms with Gasteiger partial charge in [-0.25, -0.2) is 0 Å². The van der Waals surface area contributed by atoms with Crippen LogP contribution in [-0.4, -0.2) is 18.4 Å². The van der Waals surface area contributed by atoms with Crippen molar-refractivity contribution < 1.29 is 9.59 Å². The maximum atomic E-state index is 11.4. The standard InChI is InChI=1S/C10H10N4O2/c11-6-14-9(15)5-13-10(16)7-1-3-8(12)4-2-7/h1-4H,5,12H2,(H,13,16)(H,14,15). The maximum Gasteiger partial charge on any atom is 0.252 e. The number of rotatable bonds is 3. The molecule has 2 amide bonds. The average molecular weight is 218 g/mol. The molecule has 0 fully saturated rings. The second-order valence-corrected chi connectivity index (χ2v) is 2.96. The Morgan fingerprint density at radius 3 is 2.50 bits per heavy atom. The summed E-state index contributed by atoms with van der Waals surface area (Å²) in [6.07, 6.45) is 1.47. The topological polar surface area (TPSA) is 108 Å². The first-order valence-electron chi connectivity index (χ1n) is 4.45. The van der Waals surface area contributed by atoms with Crippen LogP contribution in [0.3, 0.4) is 0 Å². The van der Waals surface area contributed by atoms with Crippen molar-refractivity contribution in [1.82, 2.24) is 10.6 Å². The van der Waals surface area contributed by atoms with Gasteiger partial charge in [0.1, 0.15) is 0 Å². The van der Waals surface area contributed by atoms with Crippen LogP contribution >= 0.6 is 0 Å². The Hall–Kier alpha value is -2.55. The number of nitrogens with zero attached hydrogens (tertiary/aromatic N) is 1. The van der Waals surface area contributed by atoms with Gasteiger partial charge in [-0.3, -0.25) is 14.9 Å². The Morgan fingerprint density at radius 1 is 1.31 bits per heavy atom. The molecule has 0 saturated heterocycles. The summed E-state index contributed by atoms with van der Waals surface area (Å²) in [7, 11) is 0. The number of benzene rings is 1. The lowest BCUT2D eigenvalue weighted by atomic mass is 10.2. The second kappa shape index (κ2) is 5.36. The number of anilines is 1. The highest BCUT2D eigenvalue weighted by Gasteiger charge is 2.06. The fraction of sp³-hybridized carbons (Fsp3) is 0.100. The highest BCUT2D eigenvalue weighted by atomic mass is 16.2. The SMILES string of the molecule is N#CNC(=O)CNC(=O)c1ccc(N)cc1. The lowest BCUT2D eigenvalue weighted by molar-refractivity contribution is -0.119. The Bertz CT molecular complexity index is 433. The molecular formula is C10H10N4O2. The van der Waals surface area contributed by atoms with E-state index in [1.54, 1.807) is 24.3 Å². The molecule has 4 N–H and O–H groups in total. The molecule has 6 heteroatoms. The van der Waals surface area contributed by atoms with E-state index in [0.29, 0.717) is 11.3 Å². The van der Waals surface area contributed by atoms with Crippen LogP contribution in [0.5, 0.6) is 0 Å². The monoisotopic (exact) mass is 218 g/mol. The van der Waals surface area contributed by atoms with Crippen molar-refractivity contribution >= 4 is 17.5 Å². The highest BCUT2D eigenvalue weighted by molar-refractivity contribution is 5.96. The van der Waals surface area contributed by atoms with Crippen molar-refractivity contribution in [2.45, 2.75) is 0 Å². The van der Waals surface area contributed by atoms with Crippen LogP contribution < -0.4 is 16.4 Å². The van der Waals surface area contributed by atoms with Crippen LogP contribution in [0.1, 0.15) is 10.4 Å². The summed E-state index contributed by atoms with van der Waals surface area (Å²) in [6, 6.07) is 6.27. The van der Waals surface area contributed by atoms with E-state index in [2.05, 4.69) is 5.32 Å². The number of nitrogens with one attached hydrogen (secondary N) is 2. The summed E-state index contributed by atoms with van der Waals surface area (Å²) in [6.45, 7) is -0.239. The number of nitrogen functional groups attached to an aromatic ring is 1. The maximum absolute atomic E-state index is 11.4. The summed E-state index contributed by atoms with van der Waals surface area (Å²) >= 11 is 0. The van der Waals surface area contributed by atoms with E-state index in [1.165, 1.54) is 6.19 Å². The molecule has 1 rings (SSSR count). The zero-order valence-electron chi connectivity index (χ0n) is 8.36. The molecule has 0 aliphatic rings. The molecule has 0 bridgehead atoms. The average Bonchev–Trinajstić information content (AvgIpc) is 2.27. The normalized spacial score (nSPS) is 8.94. The third kappa shape index (κ3) is 3.31. The lowest BCUT2D eigenvalue weighted by Gasteiger charge is -2.03. The van der Waals surface area contributed by atoms with E-state index in [-0.39, 0.29) is 6.54 Å². The van der Waals surface area contributed by atoms with E-state index < -0.39 is 11.8 Å². The first-order chi connectivity index (χ1) is 7.63. The molecule has 0 aliphatic carbocycles. The van der Waals surface area contributed by atoms with Gasteiger partial charge in [0.15, 0.2) is 6.19 Å². The van der Waals surface area contributed by atoms with Gasteiger partial charge in [-0.2, -0.15) is 5.26 Å². The molecule has 82 valence electrons. The third-order valence-corrected chi connectivity index (χ3v) is 1.78. The first-order valence-corrected chi connectivity index (χ1v) is 4.45. The van der Waals surface area contributed by atoms with Gasteiger partial charge in [0.05, 0.1) is 6.54 Å². The summed E-state index contributed by atoms with van der Waals surface area (Å²) in [5.74, 6) is -0.959. The molecule has 16 heavy (non-hydrogen) atoms. The van der Waals surface area contributed by atoms with Gasteiger partial charge in [0.2, 0.25) is 0 Å². The smallest absolute Gasteiger partial charge is 0.252 e. The zero-order valence-corrected chi connectivity index (χ0v) is 8.36. The number of carbonyl (C=O) groups is 2. The Labute approximate surface area is 92.0 Å². The summed E-state index contributed by atoms with van der Waals surface area (Å²) in [5.41, 5.74) is 6.41. The number of nitriles is 1. The molecule has 0 aliphatic heterocycles. The molecule has 0 unspecified atom stereocenters. The van der Waals surface area contributed by atoms with Crippen molar-refractivity contribution in [3.8, 4) is 6.19 Å². The quantitative estimate of drug-likeness (QED) is 0.364. The summed E-state index contributed by atoms with van der Waals surface area (Å²) in [4.78, 5) is 22.3. The number of amides is 2. The van der Waals surface area contributed by atoms with Gasteiger partial charge < -0.3 is 11.1 Å². The van der Waals surface area contributed by atoms with Gasteiger partial charge in [0, 0.05) is 11.3 Å². The minimum atomic E-state index is -0.564. The number of carbonyl (C=O) groups excluding carboxylic acids is 2. The van der Waals surface area contributed by atoms with Crippen LogP contribution in [0, 0.1) is 11.5 Å². The third-order valence-electron chi connectivity index (χ3n) is 1.78. The van der Waals surface area contributed by atoms with Gasteiger partial charge in [-0.15, -0.1) is 0 Å². The van der Waals surface area contributed by atoms with E-state index in [4.69, 9.17) is 11.0 Å². The van der Waals surface area contributed by atoms with E-state index >= 15 is 0 Å². The van der Waals surface area contributed by atoms with E-state index in [0.717, 1.165) is 0 Å².